The summed E-state index contributed by atoms with van der Waals surface area (Å²) in [5.41, 5.74) is 0. The second-order valence-corrected chi connectivity index (χ2v) is 7.55. The number of rotatable bonds is 9. The zero-order chi connectivity index (χ0) is 23.1. The van der Waals surface area contributed by atoms with Gasteiger partial charge in [-0.15, -0.1) is 5.10 Å². The van der Waals surface area contributed by atoms with Crippen LogP contribution in [-0.4, -0.2) is 48.1 Å². The lowest BCUT2D eigenvalue weighted by Gasteiger charge is -2.28. The van der Waals surface area contributed by atoms with Gasteiger partial charge < -0.3 is 24.5 Å². The molecular formula is C19H21ClF4N4O4. The molecule has 1 aromatic heterocycles. The monoisotopic (exact) mass is 480 g/mol. The van der Waals surface area contributed by atoms with Crippen molar-refractivity contribution in [3.63, 3.8) is 0 Å². The zero-order valence-electron chi connectivity index (χ0n) is 16.8. The second kappa shape index (κ2) is 10.8. The first kappa shape index (κ1) is 24.1. The van der Waals surface area contributed by atoms with E-state index in [4.69, 9.17) is 25.5 Å². The van der Waals surface area contributed by atoms with Gasteiger partial charge in [0, 0.05) is 25.1 Å². The van der Waals surface area contributed by atoms with Gasteiger partial charge in [-0.3, -0.25) is 4.79 Å². The third-order valence-corrected chi connectivity index (χ3v) is 4.90. The first-order chi connectivity index (χ1) is 15.2. The van der Waals surface area contributed by atoms with Gasteiger partial charge in [-0.1, -0.05) is 16.7 Å². The molecule has 0 unspecified atom stereocenters. The smallest absolute Gasteiger partial charge is 0.414 e. The van der Waals surface area contributed by atoms with Crippen molar-refractivity contribution in [1.29, 1.82) is 0 Å². The molecule has 0 saturated carbocycles. The summed E-state index contributed by atoms with van der Waals surface area (Å²) in [7, 11) is 0. The van der Waals surface area contributed by atoms with Gasteiger partial charge in [0.2, 0.25) is 5.89 Å². The minimum absolute atomic E-state index is 0.0361. The highest BCUT2D eigenvalue weighted by Crippen LogP contribution is 2.25. The number of ether oxygens (including phenoxy) is 2. The van der Waals surface area contributed by atoms with Crippen LogP contribution in [0.25, 0.3) is 0 Å². The van der Waals surface area contributed by atoms with E-state index in [-0.39, 0.29) is 60.4 Å². The normalized spacial score (nSPS) is 18.9. The van der Waals surface area contributed by atoms with Crippen LogP contribution in [0.3, 0.4) is 0 Å². The molecule has 13 heteroatoms. The summed E-state index contributed by atoms with van der Waals surface area (Å²) in [5.74, 6) is -0.550. The highest BCUT2D eigenvalue weighted by Gasteiger charge is 2.28. The van der Waals surface area contributed by atoms with Crippen LogP contribution in [0.2, 0.25) is 5.02 Å². The molecule has 1 amide bonds. The Morgan fingerprint density at radius 1 is 1.28 bits per heavy atom. The van der Waals surface area contributed by atoms with Gasteiger partial charge in [0.15, 0.2) is 6.61 Å². The average Bonchev–Trinajstić information content (AvgIpc) is 3.21. The largest absolute Gasteiger partial charge is 0.484 e. The van der Waals surface area contributed by atoms with E-state index in [1.807, 2.05) is 0 Å². The Morgan fingerprint density at radius 3 is 2.78 bits per heavy atom. The van der Waals surface area contributed by atoms with E-state index in [1.165, 1.54) is 12.1 Å². The Kier molecular flexibility index (Phi) is 8.13. The molecule has 32 heavy (non-hydrogen) atoms. The van der Waals surface area contributed by atoms with Crippen LogP contribution in [0.4, 0.5) is 17.6 Å². The minimum Gasteiger partial charge on any atom is -0.484 e. The summed E-state index contributed by atoms with van der Waals surface area (Å²) in [4.78, 5) is 12.1. The maximum Gasteiger partial charge on any atom is 0.414 e. The highest BCUT2D eigenvalue weighted by atomic mass is 35.5. The lowest BCUT2D eigenvalue weighted by Crippen LogP contribution is -2.48. The average molecular weight is 481 g/mol. The first-order valence-electron chi connectivity index (χ1n) is 9.83. The van der Waals surface area contributed by atoms with Crippen molar-refractivity contribution in [2.45, 2.75) is 43.9 Å². The van der Waals surface area contributed by atoms with E-state index in [1.54, 1.807) is 0 Å². The Morgan fingerprint density at radius 2 is 2.09 bits per heavy atom. The second-order valence-electron chi connectivity index (χ2n) is 7.14. The van der Waals surface area contributed by atoms with Crippen molar-refractivity contribution in [3.05, 3.63) is 34.9 Å². The van der Waals surface area contributed by atoms with Gasteiger partial charge >= 0.3 is 12.3 Å². The Balaban J connectivity index is 1.36. The van der Waals surface area contributed by atoms with E-state index in [0.717, 1.165) is 6.07 Å². The number of nitrogens with one attached hydrogen (secondary N) is 2. The predicted octanol–water partition coefficient (Wildman–Crippen LogP) is 3.57. The molecule has 1 saturated heterocycles. The molecule has 0 spiro atoms. The number of aromatic nitrogens is 2. The number of carbonyl (C=O) groups is 1. The molecule has 2 N–H and O–H groups in total. The molecule has 1 fully saturated rings. The van der Waals surface area contributed by atoms with Gasteiger partial charge in [0.1, 0.15) is 11.6 Å². The molecule has 1 aromatic carbocycles. The fraction of sp³-hybridized carbons (Fsp3) is 0.526. The predicted molar refractivity (Wildman–Crippen MR) is 104 cm³/mol. The van der Waals surface area contributed by atoms with Crippen LogP contribution in [0, 0.1) is 5.82 Å². The first-order valence-corrected chi connectivity index (χ1v) is 10.2. The lowest BCUT2D eigenvalue weighted by atomic mass is 10.0. The Hall–Kier alpha value is -2.60. The number of hydrogen-bond acceptors (Lipinski definition) is 7. The summed E-state index contributed by atoms with van der Waals surface area (Å²) in [5, 5.41) is 13.5. The number of hydrogen-bond donors (Lipinski definition) is 2. The van der Waals surface area contributed by atoms with Gasteiger partial charge in [-0.2, -0.15) is 13.2 Å². The Labute approximate surface area is 185 Å². The minimum atomic E-state index is -4.23. The van der Waals surface area contributed by atoms with Gasteiger partial charge in [-0.25, -0.2) is 4.39 Å². The summed E-state index contributed by atoms with van der Waals surface area (Å²) in [6.45, 7) is -0.0338. The third-order valence-electron chi connectivity index (χ3n) is 4.59. The van der Waals surface area contributed by atoms with Crippen molar-refractivity contribution in [2.24, 2.45) is 0 Å². The van der Waals surface area contributed by atoms with E-state index in [0.29, 0.717) is 19.4 Å². The van der Waals surface area contributed by atoms with Gasteiger partial charge in [0.25, 0.3) is 5.91 Å². The molecule has 0 radical (unpaired) electrons. The topological polar surface area (TPSA) is 98.5 Å². The standard InChI is InChI=1S/C19H21ClF4N4O4/c20-13-4-3-12(8-14(13)21)31-10-16(29)26-11-2-5-15(25-9-11)17-27-28-18(32-17)30-7-1-6-19(22,23)24/h3-4,8,11,15,25H,1-2,5-7,9-10H2,(H,26,29)/t11-,15+/m0/s1. The maximum atomic E-state index is 13.4. The van der Waals surface area contributed by atoms with Crippen LogP contribution in [0.5, 0.6) is 11.8 Å². The lowest BCUT2D eigenvalue weighted by molar-refractivity contribution is -0.136. The number of nitrogens with zero attached hydrogens (tertiary/aromatic N) is 2. The number of amides is 1. The molecule has 0 bridgehead atoms. The molecular weight excluding hydrogens is 460 g/mol. The molecule has 2 heterocycles. The highest BCUT2D eigenvalue weighted by molar-refractivity contribution is 6.30. The molecule has 3 rings (SSSR count). The number of piperidine rings is 1. The fourth-order valence-electron chi connectivity index (χ4n) is 3.03. The van der Waals surface area contributed by atoms with Crippen molar-refractivity contribution in [3.8, 4) is 11.8 Å². The molecule has 176 valence electrons. The van der Waals surface area contributed by atoms with Crippen molar-refractivity contribution < 1.29 is 36.2 Å². The van der Waals surface area contributed by atoms with Crippen molar-refractivity contribution >= 4 is 17.5 Å². The fourth-order valence-corrected chi connectivity index (χ4v) is 3.14. The van der Waals surface area contributed by atoms with Crippen molar-refractivity contribution in [1.82, 2.24) is 20.8 Å². The number of alkyl halides is 3. The van der Waals surface area contributed by atoms with E-state index in [9.17, 15) is 22.4 Å². The third kappa shape index (κ3) is 7.52. The summed E-state index contributed by atoms with van der Waals surface area (Å²) in [6.07, 6.45) is -4.39. The number of halogens is 5. The molecule has 1 aliphatic rings. The van der Waals surface area contributed by atoms with Gasteiger partial charge in [0.05, 0.1) is 17.7 Å². The van der Waals surface area contributed by atoms with Crippen molar-refractivity contribution in [2.75, 3.05) is 19.8 Å². The van der Waals surface area contributed by atoms with Crippen LogP contribution in [-0.2, 0) is 4.79 Å². The quantitative estimate of drug-likeness (QED) is 0.418. The van der Waals surface area contributed by atoms with Crippen LogP contribution >= 0.6 is 11.6 Å². The van der Waals surface area contributed by atoms with Crippen LogP contribution in [0.1, 0.15) is 37.6 Å². The van der Waals surface area contributed by atoms with E-state index >= 15 is 0 Å². The zero-order valence-corrected chi connectivity index (χ0v) is 17.5. The summed E-state index contributed by atoms with van der Waals surface area (Å²) < 4.78 is 65.4. The summed E-state index contributed by atoms with van der Waals surface area (Å²) in [6, 6.07) is 3.47. The van der Waals surface area contributed by atoms with E-state index < -0.39 is 18.4 Å². The summed E-state index contributed by atoms with van der Waals surface area (Å²) >= 11 is 5.60. The molecule has 0 aliphatic carbocycles. The SMILES string of the molecule is O=C(COc1ccc(Cl)c(F)c1)N[C@H]1CC[C@H](c2nnc(OCCCC(F)(F)F)o2)NC1. The van der Waals surface area contributed by atoms with Gasteiger partial charge in [-0.05, 0) is 31.4 Å². The Bertz CT molecular complexity index is 904. The van der Waals surface area contributed by atoms with Crippen LogP contribution < -0.4 is 20.1 Å². The maximum absolute atomic E-state index is 13.4. The number of benzene rings is 1. The molecule has 1 aliphatic heterocycles. The molecule has 2 atom stereocenters. The number of carbonyl (C=O) groups excluding carboxylic acids is 1. The molecule has 8 nitrogen and oxygen atoms in total. The van der Waals surface area contributed by atoms with Crippen LogP contribution in [0.15, 0.2) is 22.6 Å². The molecule has 2 aromatic rings. The van der Waals surface area contributed by atoms with E-state index in [2.05, 4.69) is 20.8 Å².